The van der Waals surface area contributed by atoms with Gasteiger partial charge in [-0.1, -0.05) is 6.07 Å². The lowest BCUT2D eigenvalue weighted by Crippen LogP contribution is -2.42. The Morgan fingerprint density at radius 3 is 2.52 bits per heavy atom. The second-order valence-corrected chi connectivity index (χ2v) is 9.44. The van der Waals surface area contributed by atoms with E-state index < -0.39 is 33.6 Å². The van der Waals surface area contributed by atoms with E-state index in [0.29, 0.717) is 12.8 Å². The van der Waals surface area contributed by atoms with Crippen molar-refractivity contribution in [2.75, 3.05) is 30.9 Å². The highest BCUT2D eigenvalue weighted by Gasteiger charge is 2.40. The maximum Gasteiger partial charge on any atom is 0.253 e. The highest BCUT2D eigenvalue weighted by Crippen LogP contribution is 2.30. The Hall–Kier alpha value is -2.04. The van der Waals surface area contributed by atoms with Gasteiger partial charge in [-0.15, -0.1) is 11.3 Å². The van der Waals surface area contributed by atoms with Crippen molar-refractivity contribution >= 4 is 38.6 Å². The number of hydrogen-bond acceptors (Lipinski definition) is 5. The normalized spacial score (nSPS) is 17.9. The van der Waals surface area contributed by atoms with Crippen LogP contribution in [0.5, 0.6) is 0 Å². The number of carbonyl (C=O) groups is 1. The molecule has 2 aromatic rings. The van der Waals surface area contributed by atoms with Gasteiger partial charge in [0.2, 0.25) is 5.91 Å². The number of carbonyl (C=O) groups excluding carboxylic acids is 1. The SMILES string of the molecule is CN(C)c1c(F)cc(NC(=O)C2CCCN2S(=O)(=O)c2cccs2)cc1F. The first-order valence-electron chi connectivity index (χ1n) is 8.24. The van der Waals surface area contributed by atoms with Crippen LogP contribution in [0.15, 0.2) is 33.9 Å². The maximum atomic E-state index is 14.1. The number of rotatable bonds is 5. The monoisotopic (exact) mass is 415 g/mol. The molecule has 6 nitrogen and oxygen atoms in total. The minimum Gasteiger partial charge on any atom is -0.373 e. The second kappa shape index (κ2) is 7.53. The third-order valence-corrected chi connectivity index (χ3v) is 7.58. The third-order valence-electron chi connectivity index (χ3n) is 4.30. The van der Waals surface area contributed by atoms with Crippen molar-refractivity contribution in [1.29, 1.82) is 0 Å². The molecule has 2 heterocycles. The molecule has 1 atom stereocenters. The van der Waals surface area contributed by atoms with E-state index in [1.54, 1.807) is 11.4 Å². The van der Waals surface area contributed by atoms with Gasteiger partial charge >= 0.3 is 0 Å². The van der Waals surface area contributed by atoms with Crippen LogP contribution in [0, 0.1) is 11.6 Å². The van der Waals surface area contributed by atoms with E-state index >= 15 is 0 Å². The zero-order chi connectivity index (χ0) is 19.8. The Balaban J connectivity index is 1.82. The summed E-state index contributed by atoms with van der Waals surface area (Å²) in [5.74, 6) is -2.24. The Labute approximate surface area is 160 Å². The lowest BCUT2D eigenvalue weighted by molar-refractivity contribution is -0.119. The molecule has 0 saturated carbocycles. The van der Waals surface area contributed by atoms with E-state index in [1.807, 2.05) is 0 Å². The summed E-state index contributed by atoms with van der Waals surface area (Å²) in [5.41, 5.74) is -0.267. The molecule has 1 amide bonds. The Morgan fingerprint density at radius 1 is 1.30 bits per heavy atom. The van der Waals surface area contributed by atoms with Gasteiger partial charge in [-0.3, -0.25) is 4.79 Å². The highest BCUT2D eigenvalue weighted by molar-refractivity contribution is 7.91. The van der Waals surface area contributed by atoms with Crippen molar-refractivity contribution in [1.82, 2.24) is 4.31 Å². The molecule has 0 spiro atoms. The predicted octanol–water partition coefficient (Wildman–Crippen LogP) is 2.88. The average molecular weight is 415 g/mol. The fourth-order valence-electron chi connectivity index (χ4n) is 3.11. The van der Waals surface area contributed by atoms with Gasteiger partial charge in [0.05, 0.1) is 0 Å². The molecule has 3 rings (SSSR count). The number of hydrogen-bond donors (Lipinski definition) is 1. The Morgan fingerprint density at radius 2 is 1.96 bits per heavy atom. The van der Waals surface area contributed by atoms with Gasteiger partial charge < -0.3 is 10.2 Å². The molecule has 0 aliphatic carbocycles. The number of anilines is 2. The summed E-state index contributed by atoms with van der Waals surface area (Å²) in [6, 6.07) is 4.22. The summed E-state index contributed by atoms with van der Waals surface area (Å²) in [6.07, 6.45) is 0.877. The molecule has 1 fully saturated rings. The molecule has 0 radical (unpaired) electrons. The van der Waals surface area contributed by atoms with Gasteiger partial charge in [-0.25, -0.2) is 17.2 Å². The van der Waals surface area contributed by atoms with Crippen molar-refractivity contribution in [3.8, 4) is 0 Å². The second-order valence-electron chi connectivity index (χ2n) is 6.38. The van der Waals surface area contributed by atoms with Crippen LogP contribution in [0.1, 0.15) is 12.8 Å². The first kappa shape index (κ1) is 19.7. The number of nitrogens with one attached hydrogen (secondary N) is 1. The summed E-state index contributed by atoms with van der Waals surface area (Å²) in [5, 5.41) is 4.09. The maximum absolute atomic E-state index is 14.1. The molecular formula is C17H19F2N3O3S2. The van der Waals surface area contributed by atoms with Crippen molar-refractivity contribution in [2.45, 2.75) is 23.1 Å². The van der Waals surface area contributed by atoms with E-state index in [9.17, 15) is 22.0 Å². The molecule has 1 aliphatic rings. The average Bonchev–Trinajstić information content (AvgIpc) is 3.26. The molecule has 0 bridgehead atoms. The molecule has 146 valence electrons. The van der Waals surface area contributed by atoms with E-state index in [2.05, 4.69) is 5.32 Å². The third kappa shape index (κ3) is 3.83. The van der Waals surface area contributed by atoms with E-state index in [4.69, 9.17) is 0 Å². The quantitative estimate of drug-likeness (QED) is 0.815. The van der Waals surface area contributed by atoms with Crippen molar-refractivity contribution in [3.63, 3.8) is 0 Å². The highest BCUT2D eigenvalue weighted by atomic mass is 32.2. The summed E-state index contributed by atoms with van der Waals surface area (Å²) in [4.78, 5) is 13.9. The minimum absolute atomic E-state index is 0.0547. The van der Waals surface area contributed by atoms with Gasteiger partial charge in [0.1, 0.15) is 15.9 Å². The number of halogens is 2. The first-order valence-corrected chi connectivity index (χ1v) is 10.6. The summed E-state index contributed by atoms with van der Waals surface area (Å²) in [6.45, 7) is 0.223. The minimum atomic E-state index is -3.78. The molecule has 1 aliphatic heterocycles. The zero-order valence-corrected chi connectivity index (χ0v) is 16.4. The van der Waals surface area contributed by atoms with E-state index in [1.165, 1.54) is 25.1 Å². The van der Waals surface area contributed by atoms with Gasteiger partial charge in [0, 0.05) is 26.3 Å². The predicted molar refractivity (Wildman–Crippen MR) is 101 cm³/mol. The van der Waals surface area contributed by atoms with Crippen LogP contribution >= 0.6 is 11.3 Å². The van der Waals surface area contributed by atoms with Crippen molar-refractivity contribution in [2.24, 2.45) is 0 Å². The lowest BCUT2D eigenvalue weighted by atomic mass is 10.2. The number of benzene rings is 1. The lowest BCUT2D eigenvalue weighted by Gasteiger charge is -2.23. The molecule has 1 N–H and O–H groups in total. The summed E-state index contributed by atoms with van der Waals surface area (Å²) < 4.78 is 55.0. The van der Waals surface area contributed by atoms with Crippen LogP contribution in [0.4, 0.5) is 20.2 Å². The number of thiophene rings is 1. The fraction of sp³-hybridized carbons (Fsp3) is 0.353. The molecule has 1 saturated heterocycles. The Bertz CT molecular complexity index is 923. The van der Waals surface area contributed by atoms with Crippen LogP contribution in [0.3, 0.4) is 0 Å². The zero-order valence-electron chi connectivity index (χ0n) is 14.8. The molecule has 1 aromatic heterocycles. The number of nitrogens with zero attached hydrogens (tertiary/aromatic N) is 2. The number of amides is 1. The van der Waals surface area contributed by atoms with Gasteiger partial charge in [0.15, 0.2) is 11.6 Å². The van der Waals surface area contributed by atoms with Gasteiger partial charge in [0.25, 0.3) is 10.0 Å². The van der Waals surface area contributed by atoms with Crippen molar-refractivity contribution < 1.29 is 22.0 Å². The molecule has 1 unspecified atom stereocenters. The Kier molecular flexibility index (Phi) is 5.50. The van der Waals surface area contributed by atoms with Gasteiger partial charge in [-0.2, -0.15) is 4.31 Å². The topological polar surface area (TPSA) is 69.7 Å². The van der Waals surface area contributed by atoms with E-state index in [-0.39, 0.29) is 22.1 Å². The van der Waals surface area contributed by atoms with E-state index in [0.717, 1.165) is 27.8 Å². The standard InChI is InChI=1S/C17H19F2N3O3S2/c1-21(2)16-12(18)9-11(10-13(16)19)20-17(23)14-5-3-7-22(14)27(24,25)15-6-4-8-26-15/h4,6,8-10,14H,3,5,7H2,1-2H3,(H,20,23). The first-order chi connectivity index (χ1) is 12.7. The summed E-state index contributed by atoms with van der Waals surface area (Å²) >= 11 is 1.08. The molecule has 27 heavy (non-hydrogen) atoms. The molecular weight excluding hydrogens is 396 g/mol. The molecule has 1 aromatic carbocycles. The van der Waals surface area contributed by atoms with Gasteiger partial charge in [-0.05, 0) is 36.4 Å². The molecule has 10 heteroatoms. The fourth-order valence-corrected chi connectivity index (χ4v) is 5.88. The summed E-state index contributed by atoms with van der Waals surface area (Å²) in [7, 11) is -0.769. The van der Waals surface area contributed by atoms with Crippen molar-refractivity contribution in [3.05, 3.63) is 41.3 Å². The van der Waals surface area contributed by atoms with Crippen LogP contribution in [-0.4, -0.2) is 45.3 Å². The smallest absolute Gasteiger partial charge is 0.253 e. The van der Waals surface area contributed by atoms with Crippen LogP contribution in [0.25, 0.3) is 0 Å². The van der Waals surface area contributed by atoms with Crippen LogP contribution in [0.2, 0.25) is 0 Å². The number of sulfonamides is 1. The van der Waals surface area contributed by atoms with Crippen LogP contribution < -0.4 is 10.2 Å². The van der Waals surface area contributed by atoms with Crippen LogP contribution in [-0.2, 0) is 14.8 Å². The largest absolute Gasteiger partial charge is 0.373 e.